The minimum Gasteiger partial charge on any atom is -0.493 e. The molecule has 0 radical (unpaired) electrons. The Kier molecular flexibility index (Phi) is 9.52. The molecule has 2 amide bonds. The van der Waals surface area contributed by atoms with Gasteiger partial charge >= 0.3 is 0 Å². The Bertz CT molecular complexity index is 1260. The lowest BCUT2D eigenvalue weighted by Gasteiger charge is -2.09. The number of anilines is 1. The first-order chi connectivity index (χ1) is 17.3. The summed E-state index contributed by atoms with van der Waals surface area (Å²) in [5.74, 6) is 1.63. The van der Waals surface area contributed by atoms with Gasteiger partial charge < -0.3 is 24.7 Å². The van der Waals surface area contributed by atoms with E-state index in [-0.39, 0.29) is 24.1 Å². The van der Waals surface area contributed by atoms with Crippen molar-refractivity contribution >= 4 is 35.3 Å². The van der Waals surface area contributed by atoms with Crippen LogP contribution in [-0.2, 0) is 22.7 Å². The molecule has 0 atom stereocenters. The van der Waals surface area contributed by atoms with E-state index in [1.54, 1.807) is 32.4 Å². The number of benzene rings is 2. The second-order valence-electron chi connectivity index (χ2n) is 7.94. The zero-order valence-corrected chi connectivity index (χ0v) is 21.9. The van der Waals surface area contributed by atoms with Crippen LogP contribution in [0.15, 0.2) is 47.6 Å². The normalized spacial score (nSPS) is 10.9. The van der Waals surface area contributed by atoms with Crippen molar-refractivity contribution in [2.24, 2.45) is 0 Å². The van der Waals surface area contributed by atoms with Crippen LogP contribution in [0.2, 0.25) is 0 Å². The van der Waals surface area contributed by atoms with Crippen molar-refractivity contribution in [3.05, 3.63) is 65.0 Å². The van der Waals surface area contributed by atoms with Gasteiger partial charge in [-0.25, -0.2) is 0 Å². The Morgan fingerprint density at radius 2 is 1.81 bits per heavy atom. The molecule has 0 saturated heterocycles. The predicted molar refractivity (Wildman–Crippen MR) is 141 cm³/mol. The number of ether oxygens (including phenoxy) is 2. The summed E-state index contributed by atoms with van der Waals surface area (Å²) >= 11 is 1.30. The average Bonchev–Trinajstić information content (AvgIpc) is 3.28. The number of methoxy groups -OCH3 is 2. The highest BCUT2D eigenvalue weighted by atomic mass is 32.2. The molecule has 0 bridgehead atoms. The Labute approximate surface area is 215 Å². The molecule has 0 aliphatic heterocycles. The molecule has 1 heterocycles. The minimum absolute atomic E-state index is 0.121. The number of rotatable bonds is 11. The van der Waals surface area contributed by atoms with E-state index in [0.717, 1.165) is 16.8 Å². The molecule has 10 heteroatoms. The van der Waals surface area contributed by atoms with Crippen LogP contribution in [-0.4, -0.2) is 46.6 Å². The van der Waals surface area contributed by atoms with Crippen molar-refractivity contribution in [2.75, 3.05) is 25.3 Å². The minimum atomic E-state index is -0.266. The number of aromatic nitrogens is 3. The second-order valence-corrected chi connectivity index (χ2v) is 8.89. The Morgan fingerprint density at radius 1 is 1.03 bits per heavy atom. The van der Waals surface area contributed by atoms with Crippen LogP contribution < -0.4 is 20.1 Å². The fraction of sp³-hybridized carbons (Fsp3) is 0.308. The molecule has 0 spiro atoms. The largest absolute Gasteiger partial charge is 0.493 e. The molecule has 2 N–H and O–H groups in total. The smallest absolute Gasteiger partial charge is 0.244 e. The molecular weight excluding hydrogens is 478 g/mol. The number of thioether (sulfide) groups is 1. The molecule has 1 aromatic heterocycles. The van der Waals surface area contributed by atoms with Gasteiger partial charge in [-0.2, -0.15) is 0 Å². The van der Waals surface area contributed by atoms with Gasteiger partial charge in [0.1, 0.15) is 0 Å². The van der Waals surface area contributed by atoms with Gasteiger partial charge in [0.2, 0.25) is 11.8 Å². The topological polar surface area (TPSA) is 107 Å². The van der Waals surface area contributed by atoms with Crippen LogP contribution in [0.1, 0.15) is 29.4 Å². The number of nitrogens with one attached hydrogen (secondary N) is 2. The van der Waals surface area contributed by atoms with Gasteiger partial charge in [-0.3, -0.25) is 9.59 Å². The Balaban J connectivity index is 1.54. The van der Waals surface area contributed by atoms with Gasteiger partial charge in [-0.1, -0.05) is 23.9 Å². The number of aryl methyl sites for hydroxylation is 2. The van der Waals surface area contributed by atoms with Crippen molar-refractivity contribution in [3.8, 4) is 11.5 Å². The maximum absolute atomic E-state index is 12.4. The summed E-state index contributed by atoms with van der Waals surface area (Å²) in [7, 11) is 3.13. The van der Waals surface area contributed by atoms with E-state index in [4.69, 9.17) is 9.47 Å². The van der Waals surface area contributed by atoms with Crippen molar-refractivity contribution in [2.45, 2.75) is 39.0 Å². The van der Waals surface area contributed by atoms with Gasteiger partial charge in [0.05, 0.1) is 26.5 Å². The lowest BCUT2D eigenvalue weighted by atomic mass is 10.1. The number of carbonyl (C=O) groups excluding carboxylic acids is 2. The molecule has 190 valence electrons. The third-order valence-electron chi connectivity index (χ3n) is 5.49. The maximum Gasteiger partial charge on any atom is 0.244 e. The molecule has 2 aromatic carbocycles. The monoisotopic (exact) mass is 509 g/mol. The van der Waals surface area contributed by atoms with Crippen LogP contribution in [0.5, 0.6) is 11.5 Å². The molecule has 0 aliphatic rings. The standard InChI is InChI=1S/C26H31N5O4S/c1-6-31-23(15-27-24(32)12-9-19-8-11-21(34-4)22(14-19)35-5)29-30-26(31)36-16-25(33)28-20-10-7-17(2)18(3)13-20/h7-14H,6,15-16H2,1-5H3,(H,27,32)(H,28,33). The van der Waals surface area contributed by atoms with Crippen LogP contribution >= 0.6 is 11.8 Å². The summed E-state index contributed by atoms with van der Waals surface area (Å²) in [6.45, 7) is 6.83. The van der Waals surface area contributed by atoms with E-state index in [1.165, 1.54) is 23.4 Å². The number of nitrogens with zero attached hydrogens (tertiary/aromatic N) is 3. The number of amides is 2. The van der Waals surface area contributed by atoms with E-state index in [0.29, 0.717) is 29.0 Å². The van der Waals surface area contributed by atoms with Crippen LogP contribution in [0.4, 0.5) is 5.69 Å². The highest BCUT2D eigenvalue weighted by molar-refractivity contribution is 7.99. The van der Waals surface area contributed by atoms with E-state index < -0.39 is 0 Å². The van der Waals surface area contributed by atoms with Gasteiger partial charge in [-0.05, 0) is 67.8 Å². The molecule has 3 rings (SSSR count). The third kappa shape index (κ3) is 7.11. The lowest BCUT2D eigenvalue weighted by Crippen LogP contribution is -2.22. The SMILES string of the molecule is CCn1c(CNC(=O)C=Cc2ccc(OC)c(OC)c2)nnc1SCC(=O)Nc1ccc(C)c(C)c1. The molecule has 0 unspecified atom stereocenters. The van der Waals surface area contributed by atoms with Crippen LogP contribution in [0.25, 0.3) is 6.08 Å². The van der Waals surface area contributed by atoms with Crippen molar-refractivity contribution < 1.29 is 19.1 Å². The highest BCUT2D eigenvalue weighted by Gasteiger charge is 2.14. The van der Waals surface area contributed by atoms with Gasteiger partial charge in [0, 0.05) is 18.3 Å². The quantitative estimate of drug-likeness (QED) is 0.297. The highest BCUT2D eigenvalue weighted by Crippen LogP contribution is 2.28. The van der Waals surface area contributed by atoms with Gasteiger partial charge in [-0.15, -0.1) is 10.2 Å². The van der Waals surface area contributed by atoms with Crippen LogP contribution in [0.3, 0.4) is 0 Å². The fourth-order valence-electron chi connectivity index (χ4n) is 3.37. The van der Waals surface area contributed by atoms with Crippen molar-refractivity contribution in [3.63, 3.8) is 0 Å². The van der Waals surface area contributed by atoms with Crippen molar-refractivity contribution in [1.29, 1.82) is 0 Å². The first-order valence-corrected chi connectivity index (χ1v) is 12.4. The third-order valence-corrected chi connectivity index (χ3v) is 6.45. The molecule has 0 fully saturated rings. The molecule has 36 heavy (non-hydrogen) atoms. The number of carbonyl (C=O) groups is 2. The number of hydrogen-bond donors (Lipinski definition) is 2. The summed E-state index contributed by atoms with van der Waals surface area (Å²) in [6, 6.07) is 11.2. The Hall–Kier alpha value is -3.79. The lowest BCUT2D eigenvalue weighted by molar-refractivity contribution is -0.116. The number of hydrogen-bond acceptors (Lipinski definition) is 7. The zero-order valence-electron chi connectivity index (χ0n) is 21.1. The molecule has 9 nitrogen and oxygen atoms in total. The zero-order chi connectivity index (χ0) is 26.1. The van der Waals surface area contributed by atoms with E-state index in [1.807, 2.05) is 49.6 Å². The molecular formula is C26H31N5O4S. The maximum atomic E-state index is 12.4. The average molecular weight is 510 g/mol. The van der Waals surface area contributed by atoms with E-state index in [2.05, 4.69) is 20.8 Å². The van der Waals surface area contributed by atoms with Crippen molar-refractivity contribution in [1.82, 2.24) is 20.1 Å². The summed E-state index contributed by atoms with van der Waals surface area (Å²) in [5.41, 5.74) is 3.87. The van der Waals surface area contributed by atoms with Gasteiger partial charge in [0.25, 0.3) is 0 Å². The summed E-state index contributed by atoms with van der Waals surface area (Å²) in [4.78, 5) is 24.7. The molecule has 0 saturated carbocycles. The predicted octanol–water partition coefficient (Wildman–Crippen LogP) is 3.99. The van der Waals surface area contributed by atoms with E-state index >= 15 is 0 Å². The summed E-state index contributed by atoms with van der Waals surface area (Å²) in [5, 5.41) is 14.7. The first kappa shape index (κ1) is 26.8. The van der Waals surface area contributed by atoms with E-state index in [9.17, 15) is 9.59 Å². The summed E-state index contributed by atoms with van der Waals surface area (Å²) in [6.07, 6.45) is 3.14. The molecule has 3 aromatic rings. The Morgan fingerprint density at radius 3 is 2.50 bits per heavy atom. The second kappa shape index (κ2) is 12.8. The summed E-state index contributed by atoms with van der Waals surface area (Å²) < 4.78 is 12.4. The van der Waals surface area contributed by atoms with Gasteiger partial charge in [0.15, 0.2) is 22.5 Å². The fourth-order valence-corrected chi connectivity index (χ4v) is 4.20. The molecule has 0 aliphatic carbocycles. The first-order valence-electron chi connectivity index (χ1n) is 11.4. The van der Waals surface area contributed by atoms with Crippen LogP contribution in [0, 0.1) is 13.8 Å².